The predicted molar refractivity (Wildman–Crippen MR) is 100 cm³/mol. The summed E-state index contributed by atoms with van der Waals surface area (Å²) in [6.07, 6.45) is 11.4. The van der Waals surface area contributed by atoms with E-state index in [1.165, 1.54) is 71.0 Å². The van der Waals surface area contributed by atoms with Gasteiger partial charge < -0.3 is 4.90 Å². The van der Waals surface area contributed by atoms with Crippen molar-refractivity contribution in [2.45, 2.75) is 92.9 Å². The zero-order chi connectivity index (χ0) is 16.6. The zero-order valence-electron chi connectivity index (χ0n) is 16.5. The molecule has 0 aliphatic carbocycles. The van der Waals surface area contributed by atoms with Crippen LogP contribution in [0, 0.1) is 23.2 Å². The van der Waals surface area contributed by atoms with Gasteiger partial charge in [-0.05, 0) is 68.5 Å². The summed E-state index contributed by atoms with van der Waals surface area (Å²) in [4.78, 5) is 2.72. The second-order valence-corrected chi connectivity index (χ2v) is 9.36. The fraction of sp³-hybridized carbons (Fsp3) is 1.00. The molecule has 1 aliphatic heterocycles. The number of rotatable bonds is 9. The Morgan fingerprint density at radius 2 is 1.41 bits per heavy atom. The molecule has 1 aliphatic rings. The Bertz CT molecular complexity index is 268. The molecule has 0 radical (unpaired) electrons. The molecule has 1 rings (SSSR count). The first-order chi connectivity index (χ1) is 10.3. The molecule has 0 aromatic rings. The van der Waals surface area contributed by atoms with Crippen molar-refractivity contribution in [3.8, 4) is 0 Å². The second-order valence-electron chi connectivity index (χ2n) is 9.36. The van der Waals surface area contributed by atoms with Gasteiger partial charge in [0, 0.05) is 0 Å². The summed E-state index contributed by atoms with van der Waals surface area (Å²) in [5, 5.41) is 0. The van der Waals surface area contributed by atoms with E-state index in [1.807, 2.05) is 0 Å². The Labute approximate surface area is 141 Å². The second kappa shape index (κ2) is 9.96. The van der Waals surface area contributed by atoms with Crippen molar-refractivity contribution in [2.24, 2.45) is 23.2 Å². The van der Waals surface area contributed by atoms with Crippen LogP contribution in [-0.4, -0.2) is 24.5 Å². The number of piperidine rings is 1. The first-order valence-corrected chi connectivity index (χ1v) is 10.0. The number of likely N-dealkylation sites (tertiary alicyclic amines) is 1. The van der Waals surface area contributed by atoms with Crippen molar-refractivity contribution < 1.29 is 0 Å². The van der Waals surface area contributed by atoms with Crippen molar-refractivity contribution in [2.75, 3.05) is 19.6 Å². The van der Waals surface area contributed by atoms with Crippen LogP contribution in [-0.2, 0) is 0 Å². The number of hydrogen-bond donors (Lipinski definition) is 0. The molecule has 1 atom stereocenters. The van der Waals surface area contributed by atoms with E-state index >= 15 is 0 Å². The lowest BCUT2D eigenvalue weighted by Crippen LogP contribution is -2.37. The molecule has 22 heavy (non-hydrogen) atoms. The number of hydrogen-bond acceptors (Lipinski definition) is 1. The Morgan fingerprint density at radius 1 is 0.864 bits per heavy atom. The van der Waals surface area contributed by atoms with Crippen LogP contribution in [0.2, 0.25) is 0 Å². The molecule has 1 unspecified atom stereocenters. The van der Waals surface area contributed by atoms with Crippen LogP contribution in [0.25, 0.3) is 0 Å². The Kier molecular flexibility index (Phi) is 9.05. The average molecular weight is 310 g/mol. The van der Waals surface area contributed by atoms with E-state index in [0.717, 1.165) is 17.8 Å². The molecule has 1 saturated heterocycles. The number of nitrogens with zero attached hydrogens (tertiary/aromatic N) is 1. The van der Waals surface area contributed by atoms with E-state index in [0.29, 0.717) is 5.41 Å². The van der Waals surface area contributed by atoms with Crippen LogP contribution in [0.3, 0.4) is 0 Å². The molecule has 0 aromatic heterocycles. The standard InChI is InChI=1S/C21H43N/c1-18(2)19(3)20-12-16-22(17-13-20)15-11-9-7-8-10-14-21(4,5)6/h18-20H,7-17H2,1-6H3. The first kappa shape index (κ1) is 20.0. The van der Waals surface area contributed by atoms with E-state index in [4.69, 9.17) is 0 Å². The highest BCUT2D eigenvalue weighted by molar-refractivity contribution is 4.77. The zero-order valence-corrected chi connectivity index (χ0v) is 16.5. The van der Waals surface area contributed by atoms with E-state index in [-0.39, 0.29) is 0 Å². The van der Waals surface area contributed by atoms with Crippen molar-refractivity contribution in [3.05, 3.63) is 0 Å². The maximum Gasteiger partial charge on any atom is -0.00160 e. The van der Waals surface area contributed by atoms with Crippen LogP contribution >= 0.6 is 0 Å². The lowest BCUT2D eigenvalue weighted by atomic mass is 9.79. The minimum absolute atomic E-state index is 0.525. The minimum atomic E-state index is 0.525. The molecular formula is C21H43N. The Balaban J connectivity index is 1.99. The van der Waals surface area contributed by atoms with Crippen LogP contribution in [0.15, 0.2) is 0 Å². The number of unbranched alkanes of at least 4 members (excludes halogenated alkanes) is 4. The van der Waals surface area contributed by atoms with Gasteiger partial charge in [0.05, 0.1) is 0 Å². The van der Waals surface area contributed by atoms with Crippen molar-refractivity contribution >= 4 is 0 Å². The maximum absolute atomic E-state index is 2.72. The lowest BCUT2D eigenvalue weighted by Gasteiger charge is -2.36. The maximum atomic E-state index is 2.72. The normalized spacial score (nSPS) is 19.8. The smallest absolute Gasteiger partial charge is 0.00160 e. The Hall–Kier alpha value is -0.0400. The molecule has 0 spiro atoms. The van der Waals surface area contributed by atoms with E-state index < -0.39 is 0 Å². The van der Waals surface area contributed by atoms with Crippen LogP contribution in [0.5, 0.6) is 0 Å². The molecule has 1 heterocycles. The van der Waals surface area contributed by atoms with Gasteiger partial charge >= 0.3 is 0 Å². The Morgan fingerprint density at radius 3 is 1.95 bits per heavy atom. The summed E-state index contributed by atoms with van der Waals surface area (Å²) in [6.45, 7) is 18.4. The molecular weight excluding hydrogens is 266 g/mol. The van der Waals surface area contributed by atoms with E-state index in [2.05, 4.69) is 46.4 Å². The van der Waals surface area contributed by atoms with Crippen molar-refractivity contribution in [1.29, 1.82) is 0 Å². The summed E-state index contributed by atoms with van der Waals surface area (Å²) in [7, 11) is 0. The molecule has 1 heteroatoms. The first-order valence-electron chi connectivity index (χ1n) is 10.0. The highest BCUT2D eigenvalue weighted by atomic mass is 15.1. The fourth-order valence-corrected chi connectivity index (χ4v) is 3.77. The van der Waals surface area contributed by atoms with Crippen molar-refractivity contribution in [3.63, 3.8) is 0 Å². The molecule has 1 nitrogen and oxygen atoms in total. The van der Waals surface area contributed by atoms with E-state index in [9.17, 15) is 0 Å². The van der Waals surface area contributed by atoms with Gasteiger partial charge in [-0.1, -0.05) is 67.2 Å². The summed E-state index contributed by atoms with van der Waals surface area (Å²) >= 11 is 0. The van der Waals surface area contributed by atoms with Gasteiger partial charge in [0.2, 0.25) is 0 Å². The third-order valence-corrected chi connectivity index (χ3v) is 5.83. The van der Waals surface area contributed by atoms with Gasteiger partial charge in [0.25, 0.3) is 0 Å². The van der Waals surface area contributed by atoms with Gasteiger partial charge in [0.1, 0.15) is 0 Å². The van der Waals surface area contributed by atoms with Gasteiger partial charge in [-0.15, -0.1) is 0 Å². The third-order valence-electron chi connectivity index (χ3n) is 5.83. The van der Waals surface area contributed by atoms with Crippen LogP contribution < -0.4 is 0 Å². The summed E-state index contributed by atoms with van der Waals surface area (Å²) in [6, 6.07) is 0. The van der Waals surface area contributed by atoms with Crippen LogP contribution in [0.4, 0.5) is 0 Å². The molecule has 1 fully saturated rings. The SMILES string of the molecule is CC(C)C(C)C1CCN(CCCCCCCC(C)(C)C)CC1. The van der Waals surface area contributed by atoms with Gasteiger partial charge in [0.15, 0.2) is 0 Å². The molecule has 0 aromatic carbocycles. The highest BCUT2D eigenvalue weighted by Gasteiger charge is 2.25. The molecule has 0 amide bonds. The van der Waals surface area contributed by atoms with E-state index in [1.54, 1.807) is 0 Å². The third kappa shape index (κ3) is 8.56. The predicted octanol–water partition coefficient (Wildman–Crippen LogP) is 6.38. The molecule has 0 bridgehead atoms. The van der Waals surface area contributed by atoms with Gasteiger partial charge in [-0.3, -0.25) is 0 Å². The quantitative estimate of drug-likeness (QED) is 0.447. The topological polar surface area (TPSA) is 3.24 Å². The summed E-state index contributed by atoms with van der Waals surface area (Å²) < 4.78 is 0. The van der Waals surface area contributed by atoms with Gasteiger partial charge in [-0.25, -0.2) is 0 Å². The molecule has 0 saturated carbocycles. The molecule has 132 valence electrons. The largest absolute Gasteiger partial charge is 0.303 e. The van der Waals surface area contributed by atoms with Crippen molar-refractivity contribution in [1.82, 2.24) is 4.90 Å². The average Bonchev–Trinajstić information content (AvgIpc) is 2.45. The monoisotopic (exact) mass is 309 g/mol. The molecule has 0 N–H and O–H groups in total. The summed E-state index contributed by atoms with van der Waals surface area (Å²) in [5.74, 6) is 2.74. The minimum Gasteiger partial charge on any atom is -0.303 e. The summed E-state index contributed by atoms with van der Waals surface area (Å²) in [5.41, 5.74) is 0.525. The lowest BCUT2D eigenvalue weighted by molar-refractivity contribution is 0.132. The fourth-order valence-electron chi connectivity index (χ4n) is 3.77. The van der Waals surface area contributed by atoms with Gasteiger partial charge in [-0.2, -0.15) is 0 Å². The van der Waals surface area contributed by atoms with Crippen LogP contribution in [0.1, 0.15) is 92.9 Å². The highest BCUT2D eigenvalue weighted by Crippen LogP contribution is 2.29.